The Balaban J connectivity index is 3.17. The van der Waals surface area contributed by atoms with Crippen LogP contribution in [-0.4, -0.2) is 11.2 Å². The SMILES string of the molecule is C=C/C=C/CCCCCCC(O)CCCCCC. The van der Waals surface area contributed by atoms with Gasteiger partial charge < -0.3 is 5.11 Å². The van der Waals surface area contributed by atoms with Gasteiger partial charge in [0.2, 0.25) is 0 Å². The molecular formula is C17H32O. The Kier molecular flexibility index (Phi) is 14.0. The minimum atomic E-state index is -0.0532. The predicted octanol–water partition coefficient (Wildman–Crippen LogP) is 5.40. The van der Waals surface area contributed by atoms with Gasteiger partial charge in [-0.2, -0.15) is 0 Å². The van der Waals surface area contributed by atoms with Gasteiger partial charge in [-0.25, -0.2) is 0 Å². The zero-order valence-corrected chi connectivity index (χ0v) is 12.2. The van der Waals surface area contributed by atoms with Gasteiger partial charge in [0.05, 0.1) is 6.10 Å². The summed E-state index contributed by atoms with van der Waals surface area (Å²) in [5.74, 6) is 0. The Morgan fingerprint density at radius 3 is 2.17 bits per heavy atom. The molecule has 0 aromatic heterocycles. The largest absolute Gasteiger partial charge is 0.393 e. The topological polar surface area (TPSA) is 20.2 Å². The maximum atomic E-state index is 9.80. The Hall–Kier alpha value is -0.560. The van der Waals surface area contributed by atoms with Crippen LogP contribution in [0.25, 0.3) is 0 Å². The smallest absolute Gasteiger partial charge is 0.0540 e. The maximum absolute atomic E-state index is 9.80. The van der Waals surface area contributed by atoms with Crippen LogP contribution in [0.15, 0.2) is 24.8 Å². The van der Waals surface area contributed by atoms with Crippen LogP contribution in [0.2, 0.25) is 0 Å². The Labute approximate surface area is 114 Å². The van der Waals surface area contributed by atoms with Crippen molar-refractivity contribution < 1.29 is 5.11 Å². The molecule has 0 aromatic carbocycles. The van der Waals surface area contributed by atoms with Crippen molar-refractivity contribution in [2.45, 2.75) is 83.7 Å². The number of hydrogen-bond acceptors (Lipinski definition) is 1. The van der Waals surface area contributed by atoms with E-state index in [-0.39, 0.29) is 6.10 Å². The average molecular weight is 252 g/mol. The first-order chi connectivity index (χ1) is 8.81. The lowest BCUT2D eigenvalue weighted by Gasteiger charge is -2.09. The van der Waals surface area contributed by atoms with Gasteiger partial charge in [-0.1, -0.05) is 76.7 Å². The number of hydrogen-bond donors (Lipinski definition) is 1. The molecule has 106 valence electrons. The molecule has 0 aromatic rings. The molecule has 1 unspecified atom stereocenters. The fourth-order valence-electron chi connectivity index (χ4n) is 2.14. The van der Waals surface area contributed by atoms with Crippen LogP contribution in [0.5, 0.6) is 0 Å². The molecule has 0 bridgehead atoms. The van der Waals surface area contributed by atoms with E-state index >= 15 is 0 Å². The van der Waals surface area contributed by atoms with Gasteiger partial charge in [0, 0.05) is 0 Å². The number of aliphatic hydroxyl groups excluding tert-OH is 1. The van der Waals surface area contributed by atoms with Crippen molar-refractivity contribution in [3.05, 3.63) is 24.8 Å². The van der Waals surface area contributed by atoms with Crippen molar-refractivity contribution in [3.8, 4) is 0 Å². The van der Waals surface area contributed by atoms with Crippen molar-refractivity contribution in [2.75, 3.05) is 0 Å². The third-order valence-corrected chi connectivity index (χ3v) is 3.32. The van der Waals surface area contributed by atoms with E-state index in [4.69, 9.17) is 0 Å². The highest BCUT2D eigenvalue weighted by Gasteiger charge is 2.03. The van der Waals surface area contributed by atoms with Crippen molar-refractivity contribution >= 4 is 0 Å². The summed E-state index contributed by atoms with van der Waals surface area (Å²) >= 11 is 0. The molecule has 0 rings (SSSR count). The lowest BCUT2D eigenvalue weighted by atomic mass is 10.0. The van der Waals surface area contributed by atoms with Crippen LogP contribution < -0.4 is 0 Å². The van der Waals surface area contributed by atoms with Crippen LogP contribution in [-0.2, 0) is 0 Å². The molecule has 0 heterocycles. The monoisotopic (exact) mass is 252 g/mol. The quantitative estimate of drug-likeness (QED) is 0.344. The summed E-state index contributed by atoms with van der Waals surface area (Å²) in [4.78, 5) is 0. The fraction of sp³-hybridized carbons (Fsp3) is 0.765. The van der Waals surface area contributed by atoms with Gasteiger partial charge >= 0.3 is 0 Å². The molecule has 1 N–H and O–H groups in total. The molecular weight excluding hydrogens is 220 g/mol. The fourth-order valence-corrected chi connectivity index (χ4v) is 2.14. The molecule has 0 amide bonds. The second-order valence-corrected chi connectivity index (χ2v) is 5.16. The zero-order chi connectivity index (χ0) is 13.5. The summed E-state index contributed by atoms with van der Waals surface area (Å²) in [6.07, 6.45) is 19.2. The third kappa shape index (κ3) is 13.5. The van der Waals surface area contributed by atoms with E-state index in [1.54, 1.807) is 0 Å². The Morgan fingerprint density at radius 1 is 0.944 bits per heavy atom. The highest BCUT2D eigenvalue weighted by molar-refractivity contribution is 4.96. The molecule has 0 fully saturated rings. The van der Waals surface area contributed by atoms with Crippen LogP contribution >= 0.6 is 0 Å². The second-order valence-electron chi connectivity index (χ2n) is 5.16. The van der Waals surface area contributed by atoms with Crippen molar-refractivity contribution in [1.82, 2.24) is 0 Å². The number of aliphatic hydroxyl groups is 1. The average Bonchev–Trinajstić information content (AvgIpc) is 2.38. The summed E-state index contributed by atoms with van der Waals surface area (Å²) in [6.45, 7) is 5.87. The van der Waals surface area contributed by atoms with Crippen LogP contribution in [0.3, 0.4) is 0 Å². The molecule has 0 spiro atoms. The van der Waals surface area contributed by atoms with Gasteiger partial charge in [0.15, 0.2) is 0 Å². The summed E-state index contributed by atoms with van der Waals surface area (Å²) in [7, 11) is 0. The summed E-state index contributed by atoms with van der Waals surface area (Å²) in [5, 5.41) is 9.80. The Bertz CT molecular complexity index is 196. The highest BCUT2D eigenvalue weighted by atomic mass is 16.3. The lowest BCUT2D eigenvalue weighted by Crippen LogP contribution is -2.05. The van der Waals surface area contributed by atoms with Crippen molar-refractivity contribution in [2.24, 2.45) is 0 Å². The van der Waals surface area contributed by atoms with E-state index in [0.29, 0.717) is 0 Å². The maximum Gasteiger partial charge on any atom is 0.0540 e. The first kappa shape index (κ1) is 17.4. The third-order valence-electron chi connectivity index (χ3n) is 3.32. The number of unbranched alkanes of at least 4 members (excludes halogenated alkanes) is 7. The highest BCUT2D eigenvalue weighted by Crippen LogP contribution is 2.12. The van der Waals surface area contributed by atoms with Gasteiger partial charge in [-0.05, 0) is 25.7 Å². The molecule has 1 atom stereocenters. The molecule has 1 nitrogen and oxygen atoms in total. The van der Waals surface area contributed by atoms with E-state index < -0.39 is 0 Å². The minimum absolute atomic E-state index is 0.0532. The van der Waals surface area contributed by atoms with E-state index in [1.807, 2.05) is 12.2 Å². The molecule has 0 saturated heterocycles. The standard InChI is InChI=1S/C17H32O/c1-3-5-7-9-10-11-12-14-16-17(18)15-13-8-6-4-2/h3,5,7,17-18H,1,4,6,8-16H2,2H3/b7-5+. The van der Waals surface area contributed by atoms with Gasteiger partial charge in [0.1, 0.15) is 0 Å². The summed E-state index contributed by atoms with van der Waals surface area (Å²) in [5.41, 5.74) is 0. The normalized spacial score (nSPS) is 13.0. The molecule has 0 aliphatic rings. The van der Waals surface area contributed by atoms with Crippen molar-refractivity contribution in [3.63, 3.8) is 0 Å². The predicted molar refractivity (Wildman–Crippen MR) is 81.8 cm³/mol. The lowest BCUT2D eigenvalue weighted by molar-refractivity contribution is 0.147. The summed E-state index contributed by atoms with van der Waals surface area (Å²) < 4.78 is 0. The van der Waals surface area contributed by atoms with Crippen LogP contribution in [0, 0.1) is 0 Å². The first-order valence-corrected chi connectivity index (χ1v) is 7.76. The molecule has 18 heavy (non-hydrogen) atoms. The van der Waals surface area contributed by atoms with Gasteiger partial charge in [-0.3, -0.25) is 0 Å². The van der Waals surface area contributed by atoms with E-state index in [2.05, 4.69) is 19.6 Å². The summed E-state index contributed by atoms with van der Waals surface area (Å²) in [6, 6.07) is 0. The number of rotatable bonds is 13. The van der Waals surface area contributed by atoms with E-state index in [9.17, 15) is 5.11 Å². The molecule has 0 saturated carbocycles. The van der Waals surface area contributed by atoms with E-state index in [0.717, 1.165) is 19.3 Å². The second kappa shape index (κ2) is 14.5. The van der Waals surface area contributed by atoms with Gasteiger partial charge in [-0.15, -0.1) is 0 Å². The number of allylic oxidation sites excluding steroid dienone is 3. The van der Waals surface area contributed by atoms with Crippen molar-refractivity contribution in [1.29, 1.82) is 0 Å². The zero-order valence-electron chi connectivity index (χ0n) is 12.2. The first-order valence-electron chi connectivity index (χ1n) is 7.76. The van der Waals surface area contributed by atoms with Gasteiger partial charge in [0.25, 0.3) is 0 Å². The molecule has 0 radical (unpaired) electrons. The Morgan fingerprint density at radius 2 is 1.56 bits per heavy atom. The minimum Gasteiger partial charge on any atom is -0.393 e. The molecule has 1 heteroatoms. The molecule has 0 aliphatic carbocycles. The van der Waals surface area contributed by atoms with Crippen LogP contribution in [0.4, 0.5) is 0 Å². The molecule has 0 aliphatic heterocycles. The van der Waals surface area contributed by atoms with E-state index in [1.165, 1.54) is 51.4 Å². The van der Waals surface area contributed by atoms with Crippen LogP contribution in [0.1, 0.15) is 77.6 Å².